The molecule has 0 aliphatic rings. The number of nitrogen functional groups attached to an aromatic ring is 1. The van der Waals surface area contributed by atoms with E-state index in [1.54, 1.807) is 0 Å². The van der Waals surface area contributed by atoms with Gasteiger partial charge in [0.15, 0.2) is 5.52 Å². The van der Waals surface area contributed by atoms with Crippen molar-refractivity contribution in [2.24, 2.45) is 0 Å². The van der Waals surface area contributed by atoms with Gasteiger partial charge in [0.2, 0.25) is 5.65 Å². The summed E-state index contributed by atoms with van der Waals surface area (Å²) in [5.74, 6) is -1.14. The van der Waals surface area contributed by atoms with E-state index in [0.29, 0.717) is 5.69 Å². The van der Waals surface area contributed by atoms with Crippen molar-refractivity contribution >= 4 is 22.8 Å². The van der Waals surface area contributed by atoms with Gasteiger partial charge in [0.1, 0.15) is 5.56 Å². The summed E-state index contributed by atoms with van der Waals surface area (Å²) in [6.07, 6.45) is 0. The fourth-order valence-electron chi connectivity index (χ4n) is 1.22. The first kappa shape index (κ1) is 8.42. The number of carboxylic acid groups (broad SMARTS) is 1. The number of hydrogen-bond donors (Lipinski definition) is 2. The van der Waals surface area contributed by atoms with Crippen LogP contribution in [0, 0.1) is 6.92 Å². The molecule has 0 spiro atoms. The van der Waals surface area contributed by atoms with Crippen LogP contribution in [0.5, 0.6) is 0 Å². The Kier molecular flexibility index (Phi) is 1.60. The number of aromatic nitrogens is 3. The van der Waals surface area contributed by atoms with Gasteiger partial charge in [0, 0.05) is 0 Å². The van der Waals surface area contributed by atoms with E-state index in [9.17, 15) is 4.79 Å². The number of nitrogens with two attached hydrogens (primary N) is 1. The molecule has 0 unspecified atom stereocenters. The van der Waals surface area contributed by atoms with E-state index < -0.39 is 5.97 Å². The van der Waals surface area contributed by atoms with Gasteiger partial charge in [-0.05, 0) is 17.2 Å². The summed E-state index contributed by atoms with van der Waals surface area (Å²) in [6.45, 7) is 1.54. The molecular formula is C7H6N4O3. The van der Waals surface area contributed by atoms with Crippen LogP contribution < -0.4 is 5.73 Å². The first-order valence-corrected chi connectivity index (χ1v) is 3.73. The predicted octanol–water partition coefficient (Wildman–Crippen LogP) is 0.207. The summed E-state index contributed by atoms with van der Waals surface area (Å²) >= 11 is 0. The van der Waals surface area contributed by atoms with Gasteiger partial charge in [-0.2, -0.15) is 0 Å². The molecule has 0 aliphatic heterocycles. The molecule has 0 saturated heterocycles. The fourth-order valence-corrected chi connectivity index (χ4v) is 1.22. The van der Waals surface area contributed by atoms with Crippen molar-refractivity contribution in [3.63, 3.8) is 0 Å². The summed E-state index contributed by atoms with van der Waals surface area (Å²) in [5, 5.41) is 15.8. The van der Waals surface area contributed by atoms with Gasteiger partial charge in [-0.25, -0.2) is 14.4 Å². The second kappa shape index (κ2) is 2.66. The first-order chi connectivity index (χ1) is 6.61. The van der Waals surface area contributed by atoms with Crippen molar-refractivity contribution in [2.45, 2.75) is 6.92 Å². The lowest BCUT2D eigenvalue weighted by molar-refractivity contribution is 0.0697. The van der Waals surface area contributed by atoms with E-state index in [-0.39, 0.29) is 22.4 Å². The van der Waals surface area contributed by atoms with Crippen molar-refractivity contribution in [3.05, 3.63) is 11.3 Å². The van der Waals surface area contributed by atoms with E-state index in [1.807, 2.05) is 0 Å². The normalized spacial score (nSPS) is 10.6. The number of aromatic carboxylic acids is 1. The van der Waals surface area contributed by atoms with Crippen molar-refractivity contribution in [1.82, 2.24) is 15.3 Å². The van der Waals surface area contributed by atoms with E-state index in [2.05, 4.69) is 19.9 Å². The fraction of sp³-hybridized carbons (Fsp3) is 0.143. The number of rotatable bonds is 1. The third-order valence-corrected chi connectivity index (χ3v) is 1.84. The van der Waals surface area contributed by atoms with Crippen LogP contribution in [0.1, 0.15) is 16.1 Å². The molecule has 7 nitrogen and oxygen atoms in total. The Balaban J connectivity index is 2.89. The maximum Gasteiger partial charge on any atom is 0.339 e. The third-order valence-electron chi connectivity index (χ3n) is 1.84. The Hall–Kier alpha value is -2.18. The lowest BCUT2D eigenvalue weighted by Gasteiger charge is -2.02. The number of aryl methyl sites for hydroxylation is 1. The molecule has 14 heavy (non-hydrogen) atoms. The maximum absolute atomic E-state index is 10.8. The highest BCUT2D eigenvalue weighted by Gasteiger charge is 2.18. The number of pyridine rings is 1. The predicted molar refractivity (Wildman–Crippen MR) is 45.7 cm³/mol. The van der Waals surface area contributed by atoms with Crippen LogP contribution >= 0.6 is 0 Å². The number of anilines is 1. The lowest BCUT2D eigenvalue weighted by Crippen LogP contribution is -2.07. The van der Waals surface area contributed by atoms with Crippen LogP contribution in [-0.4, -0.2) is 26.4 Å². The lowest BCUT2D eigenvalue weighted by atomic mass is 10.1. The molecular weight excluding hydrogens is 188 g/mol. The highest BCUT2D eigenvalue weighted by Crippen LogP contribution is 2.22. The Bertz CT molecular complexity index is 519. The van der Waals surface area contributed by atoms with Crippen molar-refractivity contribution in [1.29, 1.82) is 0 Å². The SMILES string of the molecule is Cc1nc2nonc2c(N)c1C(=O)O. The zero-order valence-electron chi connectivity index (χ0n) is 7.18. The minimum atomic E-state index is -1.14. The van der Waals surface area contributed by atoms with Crippen molar-refractivity contribution in [3.8, 4) is 0 Å². The van der Waals surface area contributed by atoms with E-state index >= 15 is 0 Å². The Morgan fingerprint density at radius 2 is 2.21 bits per heavy atom. The molecule has 0 fully saturated rings. The summed E-state index contributed by atoms with van der Waals surface area (Å²) in [4.78, 5) is 14.7. The standard InChI is InChI=1S/C7H6N4O3/c1-2-3(7(12)13)4(8)5-6(9-2)11-14-10-5/h8H2,1H3,(H,12,13). The molecule has 0 atom stereocenters. The molecule has 2 heterocycles. The molecule has 2 rings (SSSR count). The molecule has 3 N–H and O–H groups in total. The van der Waals surface area contributed by atoms with Crippen LogP contribution in [0.25, 0.3) is 11.2 Å². The van der Waals surface area contributed by atoms with Crippen molar-refractivity contribution in [2.75, 3.05) is 5.73 Å². The molecule has 0 bridgehead atoms. The largest absolute Gasteiger partial charge is 0.478 e. The second-order valence-corrected chi connectivity index (χ2v) is 2.73. The molecule has 0 saturated carbocycles. The van der Waals surface area contributed by atoms with Crippen LogP contribution in [0.2, 0.25) is 0 Å². The van der Waals surface area contributed by atoms with Gasteiger partial charge < -0.3 is 10.8 Å². The average molecular weight is 194 g/mol. The first-order valence-electron chi connectivity index (χ1n) is 3.73. The van der Waals surface area contributed by atoms with Crippen LogP contribution in [0.4, 0.5) is 5.69 Å². The average Bonchev–Trinajstić information content (AvgIpc) is 2.50. The van der Waals surface area contributed by atoms with Gasteiger partial charge in [-0.15, -0.1) is 0 Å². The molecule has 2 aromatic heterocycles. The molecule has 72 valence electrons. The molecule has 0 radical (unpaired) electrons. The summed E-state index contributed by atoms with van der Waals surface area (Å²) in [7, 11) is 0. The summed E-state index contributed by atoms with van der Waals surface area (Å²) in [5.41, 5.74) is 6.23. The zero-order chi connectivity index (χ0) is 10.3. The quantitative estimate of drug-likeness (QED) is 0.666. The maximum atomic E-state index is 10.8. The molecule has 0 amide bonds. The summed E-state index contributed by atoms with van der Waals surface area (Å²) in [6, 6.07) is 0. The highest BCUT2D eigenvalue weighted by atomic mass is 16.6. The van der Waals surface area contributed by atoms with Gasteiger partial charge in [-0.3, -0.25) is 0 Å². The Morgan fingerprint density at radius 3 is 2.86 bits per heavy atom. The van der Waals surface area contributed by atoms with Crippen LogP contribution in [0.15, 0.2) is 4.63 Å². The third kappa shape index (κ3) is 0.987. The smallest absolute Gasteiger partial charge is 0.339 e. The number of carbonyl (C=O) groups is 1. The van der Waals surface area contributed by atoms with E-state index in [0.717, 1.165) is 0 Å². The van der Waals surface area contributed by atoms with E-state index in [1.165, 1.54) is 6.92 Å². The second-order valence-electron chi connectivity index (χ2n) is 2.73. The number of carboxylic acids is 1. The van der Waals surface area contributed by atoms with Crippen molar-refractivity contribution < 1.29 is 14.5 Å². The molecule has 0 aliphatic carbocycles. The summed E-state index contributed by atoms with van der Waals surface area (Å²) < 4.78 is 4.40. The van der Waals surface area contributed by atoms with Gasteiger partial charge >= 0.3 is 5.97 Å². The minimum Gasteiger partial charge on any atom is -0.478 e. The minimum absolute atomic E-state index is 0.0289. The Morgan fingerprint density at radius 1 is 1.50 bits per heavy atom. The van der Waals surface area contributed by atoms with Gasteiger partial charge in [0.05, 0.1) is 11.4 Å². The number of nitrogens with zero attached hydrogens (tertiary/aromatic N) is 3. The van der Waals surface area contributed by atoms with Crippen LogP contribution in [-0.2, 0) is 0 Å². The van der Waals surface area contributed by atoms with E-state index in [4.69, 9.17) is 10.8 Å². The topological polar surface area (TPSA) is 115 Å². The van der Waals surface area contributed by atoms with Gasteiger partial charge in [-0.1, -0.05) is 0 Å². The molecule has 0 aromatic carbocycles. The Labute approximate surface area is 77.5 Å². The molecule has 7 heteroatoms. The number of hydrogen-bond acceptors (Lipinski definition) is 6. The molecule has 2 aromatic rings. The zero-order valence-corrected chi connectivity index (χ0v) is 7.18. The monoisotopic (exact) mass is 194 g/mol. The number of fused-ring (bicyclic) bond motifs is 1. The van der Waals surface area contributed by atoms with Crippen LogP contribution in [0.3, 0.4) is 0 Å². The van der Waals surface area contributed by atoms with Gasteiger partial charge in [0.25, 0.3) is 0 Å². The highest BCUT2D eigenvalue weighted by molar-refractivity contribution is 6.01.